The summed E-state index contributed by atoms with van der Waals surface area (Å²) in [5.41, 5.74) is 1.02. The summed E-state index contributed by atoms with van der Waals surface area (Å²) in [5.74, 6) is 1.80. The Morgan fingerprint density at radius 1 is 1.16 bits per heavy atom. The summed E-state index contributed by atoms with van der Waals surface area (Å²) in [6.07, 6.45) is 1.84. The Hall–Kier alpha value is -2.01. The zero-order valence-corrected chi connectivity index (χ0v) is 16.1. The summed E-state index contributed by atoms with van der Waals surface area (Å²) in [7, 11) is 0. The summed E-state index contributed by atoms with van der Waals surface area (Å²) >= 11 is 1.71. The van der Waals surface area contributed by atoms with Crippen molar-refractivity contribution in [1.82, 2.24) is 10.3 Å². The smallest absolute Gasteiger partial charge is 0.223 e. The molecule has 0 fully saturated rings. The number of carbonyl (C=O) groups is 1. The third-order valence-electron chi connectivity index (χ3n) is 4.05. The highest BCUT2D eigenvalue weighted by atomic mass is 32.2. The molecule has 1 N–H and O–H groups in total. The third-order valence-corrected chi connectivity index (χ3v) is 5.33. The SMILES string of the molecule is CCN(CC)c1ccc(CNC(=O)C(C)CSc2ccccc2)cn1. The summed E-state index contributed by atoms with van der Waals surface area (Å²) in [6.45, 7) is 8.60. The van der Waals surface area contributed by atoms with E-state index in [2.05, 4.69) is 41.2 Å². The van der Waals surface area contributed by atoms with E-state index in [4.69, 9.17) is 0 Å². The van der Waals surface area contributed by atoms with Gasteiger partial charge in [0.05, 0.1) is 0 Å². The van der Waals surface area contributed by atoms with Gasteiger partial charge in [-0.3, -0.25) is 4.79 Å². The lowest BCUT2D eigenvalue weighted by Gasteiger charge is -2.19. The van der Waals surface area contributed by atoms with Gasteiger partial charge in [0.15, 0.2) is 0 Å². The van der Waals surface area contributed by atoms with Gasteiger partial charge in [0.2, 0.25) is 5.91 Å². The second-order valence-electron chi connectivity index (χ2n) is 5.94. The molecule has 1 aromatic heterocycles. The van der Waals surface area contributed by atoms with Crippen LogP contribution in [0.1, 0.15) is 26.3 Å². The van der Waals surface area contributed by atoms with E-state index in [0.29, 0.717) is 6.54 Å². The average molecular weight is 358 g/mol. The number of hydrogen-bond donors (Lipinski definition) is 1. The van der Waals surface area contributed by atoms with Crippen molar-refractivity contribution < 1.29 is 4.79 Å². The first-order valence-corrected chi connectivity index (χ1v) is 9.78. The zero-order chi connectivity index (χ0) is 18.1. The van der Waals surface area contributed by atoms with Crippen LogP contribution in [-0.2, 0) is 11.3 Å². The molecule has 134 valence electrons. The molecule has 0 bridgehead atoms. The molecule has 4 nitrogen and oxygen atoms in total. The number of nitrogens with one attached hydrogen (secondary N) is 1. The minimum Gasteiger partial charge on any atom is -0.357 e. The van der Waals surface area contributed by atoms with Gasteiger partial charge in [0, 0.05) is 42.4 Å². The van der Waals surface area contributed by atoms with Crippen molar-refractivity contribution in [1.29, 1.82) is 0 Å². The van der Waals surface area contributed by atoms with Crippen LogP contribution in [0.2, 0.25) is 0 Å². The fraction of sp³-hybridized carbons (Fsp3) is 0.400. The highest BCUT2D eigenvalue weighted by molar-refractivity contribution is 7.99. The van der Waals surface area contributed by atoms with Crippen LogP contribution in [0.3, 0.4) is 0 Å². The third kappa shape index (κ3) is 6.09. The van der Waals surface area contributed by atoms with Gasteiger partial charge in [-0.2, -0.15) is 0 Å². The van der Waals surface area contributed by atoms with E-state index in [-0.39, 0.29) is 11.8 Å². The molecule has 1 aromatic carbocycles. The fourth-order valence-corrected chi connectivity index (χ4v) is 3.38. The van der Waals surface area contributed by atoms with Crippen molar-refractivity contribution >= 4 is 23.5 Å². The van der Waals surface area contributed by atoms with Gasteiger partial charge in [-0.15, -0.1) is 11.8 Å². The highest BCUT2D eigenvalue weighted by Gasteiger charge is 2.13. The maximum atomic E-state index is 12.3. The molecule has 1 heterocycles. The zero-order valence-electron chi connectivity index (χ0n) is 15.2. The number of carbonyl (C=O) groups excluding carboxylic acids is 1. The number of amides is 1. The predicted molar refractivity (Wildman–Crippen MR) is 106 cm³/mol. The standard InChI is InChI=1S/C20H27N3OS/c1-4-23(5-2)19-12-11-17(13-21-19)14-22-20(24)16(3)15-25-18-9-7-6-8-10-18/h6-13,16H,4-5,14-15H2,1-3H3,(H,22,24). The first kappa shape index (κ1) is 19.3. The molecular formula is C20H27N3OS. The number of nitrogens with zero attached hydrogens (tertiary/aromatic N) is 2. The summed E-state index contributed by atoms with van der Waals surface area (Å²) < 4.78 is 0. The van der Waals surface area contributed by atoms with Crippen molar-refractivity contribution in [2.24, 2.45) is 5.92 Å². The maximum absolute atomic E-state index is 12.3. The van der Waals surface area contributed by atoms with Gasteiger partial charge in [-0.1, -0.05) is 31.2 Å². The Bertz CT molecular complexity index is 642. The fourth-order valence-electron chi connectivity index (χ4n) is 2.43. The Morgan fingerprint density at radius 3 is 2.48 bits per heavy atom. The van der Waals surface area contributed by atoms with Crippen molar-refractivity contribution in [3.05, 3.63) is 54.2 Å². The van der Waals surface area contributed by atoms with Crippen LogP contribution in [0.15, 0.2) is 53.6 Å². The molecule has 25 heavy (non-hydrogen) atoms. The van der Waals surface area contributed by atoms with E-state index in [1.54, 1.807) is 11.8 Å². The number of hydrogen-bond acceptors (Lipinski definition) is 4. The lowest BCUT2D eigenvalue weighted by molar-refractivity contribution is -0.124. The van der Waals surface area contributed by atoms with Gasteiger partial charge >= 0.3 is 0 Å². The molecule has 2 rings (SSSR count). The lowest BCUT2D eigenvalue weighted by atomic mass is 10.2. The molecular weight excluding hydrogens is 330 g/mol. The minimum absolute atomic E-state index is 0.0342. The van der Waals surface area contributed by atoms with Gasteiger partial charge in [0.25, 0.3) is 0 Å². The van der Waals surface area contributed by atoms with E-state index < -0.39 is 0 Å². The number of rotatable bonds is 9. The minimum atomic E-state index is -0.0342. The number of thioether (sulfide) groups is 1. The monoisotopic (exact) mass is 357 g/mol. The van der Waals surface area contributed by atoms with E-state index in [0.717, 1.165) is 30.2 Å². The van der Waals surface area contributed by atoms with Crippen LogP contribution >= 0.6 is 11.8 Å². The molecule has 1 amide bonds. The number of benzene rings is 1. The molecule has 0 aliphatic rings. The van der Waals surface area contributed by atoms with Gasteiger partial charge in [-0.25, -0.2) is 4.98 Å². The second-order valence-corrected chi connectivity index (χ2v) is 7.03. The Kier molecular flexibility index (Phi) is 7.79. The molecule has 0 saturated carbocycles. The van der Waals surface area contributed by atoms with Crippen LogP contribution in [0.25, 0.3) is 0 Å². The maximum Gasteiger partial charge on any atom is 0.223 e. The summed E-state index contributed by atoms with van der Waals surface area (Å²) in [6, 6.07) is 14.2. The first-order chi connectivity index (χ1) is 12.1. The van der Waals surface area contributed by atoms with E-state index in [1.807, 2.05) is 43.5 Å². The van der Waals surface area contributed by atoms with Crippen LogP contribution in [0, 0.1) is 5.92 Å². The number of pyridine rings is 1. The molecule has 0 aliphatic heterocycles. The predicted octanol–water partition coefficient (Wildman–Crippen LogP) is 3.97. The molecule has 5 heteroatoms. The van der Waals surface area contributed by atoms with E-state index in [9.17, 15) is 4.79 Å². The van der Waals surface area contributed by atoms with Crippen LogP contribution in [0.5, 0.6) is 0 Å². The van der Waals surface area contributed by atoms with Crippen LogP contribution in [0.4, 0.5) is 5.82 Å². The summed E-state index contributed by atoms with van der Waals surface area (Å²) in [5, 5.41) is 3.01. The molecule has 0 aliphatic carbocycles. The molecule has 0 spiro atoms. The van der Waals surface area contributed by atoms with E-state index >= 15 is 0 Å². The Morgan fingerprint density at radius 2 is 1.88 bits per heavy atom. The van der Waals surface area contributed by atoms with Crippen molar-refractivity contribution in [3.63, 3.8) is 0 Å². The Labute approximate surface area is 155 Å². The average Bonchev–Trinajstić information content (AvgIpc) is 2.67. The molecule has 1 unspecified atom stereocenters. The number of anilines is 1. The highest BCUT2D eigenvalue weighted by Crippen LogP contribution is 2.20. The second kappa shape index (κ2) is 10.1. The normalized spacial score (nSPS) is 11.8. The quantitative estimate of drug-likeness (QED) is 0.690. The van der Waals surface area contributed by atoms with Crippen LogP contribution in [-0.4, -0.2) is 29.7 Å². The Balaban J connectivity index is 1.78. The molecule has 0 saturated heterocycles. The largest absolute Gasteiger partial charge is 0.357 e. The topological polar surface area (TPSA) is 45.2 Å². The van der Waals surface area contributed by atoms with Crippen molar-refractivity contribution in [3.8, 4) is 0 Å². The molecule has 0 radical (unpaired) electrons. The first-order valence-electron chi connectivity index (χ1n) is 8.79. The van der Waals surface area contributed by atoms with Crippen molar-refractivity contribution in [2.75, 3.05) is 23.7 Å². The number of aromatic nitrogens is 1. The molecule has 2 aromatic rings. The van der Waals surface area contributed by atoms with Gasteiger partial charge in [-0.05, 0) is 37.6 Å². The van der Waals surface area contributed by atoms with Gasteiger partial charge in [0.1, 0.15) is 5.82 Å². The lowest BCUT2D eigenvalue weighted by Crippen LogP contribution is -2.30. The van der Waals surface area contributed by atoms with Crippen LogP contribution < -0.4 is 10.2 Å². The van der Waals surface area contributed by atoms with E-state index in [1.165, 1.54) is 4.90 Å². The molecule has 1 atom stereocenters. The summed E-state index contributed by atoms with van der Waals surface area (Å²) in [4.78, 5) is 20.1. The van der Waals surface area contributed by atoms with Crippen molar-refractivity contribution in [2.45, 2.75) is 32.2 Å². The van der Waals surface area contributed by atoms with Gasteiger partial charge < -0.3 is 10.2 Å².